The van der Waals surface area contributed by atoms with Crippen molar-refractivity contribution in [2.75, 3.05) is 21.3 Å². The predicted octanol–water partition coefficient (Wildman–Crippen LogP) is 1.67. The lowest BCUT2D eigenvalue weighted by molar-refractivity contribution is -0.140. The van der Waals surface area contributed by atoms with Crippen molar-refractivity contribution in [1.82, 2.24) is 4.47 Å². The van der Waals surface area contributed by atoms with Crippen molar-refractivity contribution in [1.29, 1.82) is 0 Å². The molecule has 0 radical (unpaired) electrons. The molecule has 0 bridgehead atoms. The maximum absolute atomic E-state index is 12.9. The van der Waals surface area contributed by atoms with Crippen LogP contribution in [0.25, 0.3) is 0 Å². The molecular formula is C11H12F3NO5S. The minimum absolute atomic E-state index is 0.263. The van der Waals surface area contributed by atoms with E-state index in [1.165, 1.54) is 0 Å². The Balaban J connectivity index is 3.62. The van der Waals surface area contributed by atoms with Gasteiger partial charge >= 0.3 is 12.1 Å². The Morgan fingerprint density at radius 2 is 1.81 bits per heavy atom. The summed E-state index contributed by atoms with van der Waals surface area (Å²) in [5.41, 5.74) is -1.73. The summed E-state index contributed by atoms with van der Waals surface area (Å²) in [5.74, 6) is -0.958. The fourth-order valence-corrected chi connectivity index (χ4v) is 2.66. The largest absolute Gasteiger partial charge is 0.465 e. The fourth-order valence-electron chi connectivity index (χ4n) is 1.45. The van der Waals surface area contributed by atoms with E-state index in [1.807, 2.05) is 0 Å². The van der Waals surface area contributed by atoms with Crippen molar-refractivity contribution in [3.63, 3.8) is 0 Å². The molecule has 0 heterocycles. The minimum Gasteiger partial charge on any atom is -0.465 e. The van der Waals surface area contributed by atoms with E-state index < -0.39 is 32.6 Å². The zero-order valence-electron chi connectivity index (χ0n) is 11.3. The second-order valence-corrected chi connectivity index (χ2v) is 5.70. The summed E-state index contributed by atoms with van der Waals surface area (Å²) in [6, 6.07) is 1.93. The van der Waals surface area contributed by atoms with Crippen molar-refractivity contribution in [3.05, 3.63) is 29.3 Å². The number of benzene rings is 1. The molecule has 118 valence electrons. The summed E-state index contributed by atoms with van der Waals surface area (Å²) in [5, 5.41) is 0. The number of hydroxylamine groups is 1. The molecule has 6 nitrogen and oxygen atoms in total. The van der Waals surface area contributed by atoms with Gasteiger partial charge in [0.15, 0.2) is 0 Å². The molecular weight excluding hydrogens is 315 g/mol. The lowest BCUT2D eigenvalue weighted by Crippen LogP contribution is -2.28. The number of halogens is 3. The van der Waals surface area contributed by atoms with Crippen LogP contribution in [0.5, 0.6) is 0 Å². The van der Waals surface area contributed by atoms with Gasteiger partial charge < -0.3 is 4.74 Å². The summed E-state index contributed by atoms with van der Waals surface area (Å²) in [6.07, 6.45) is -4.91. The molecule has 0 unspecified atom stereocenters. The van der Waals surface area contributed by atoms with Crippen LogP contribution in [0.1, 0.15) is 15.9 Å². The van der Waals surface area contributed by atoms with Crippen LogP contribution in [0.3, 0.4) is 0 Å². The van der Waals surface area contributed by atoms with Crippen LogP contribution in [0.2, 0.25) is 0 Å². The maximum atomic E-state index is 12.9. The van der Waals surface area contributed by atoms with Gasteiger partial charge in [-0.3, -0.25) is 4.84 Å². The van der Waals surface area contributed by atoms with Crippen molar-refractivity contribution in [2.24, 2.45) is 0 Å². The number of esters is 1. The summed E-state index contributed by atoms with van der Waals surface area (Å²) in [4.78, 5) is 14.7. The van der Waals surface area contributed by atoms with Crippen LogP contribution in [-0.4, -0.2) is 40.1 Å². The zero-order valence-corrected chi connectivity index (χ0v) is 12.1. The van der Waals surface area contributed by atoms with Gasteiger partial charge in [-0.1, -0.05) is 4.47 Å². The van der Waals surface area contributed by atoms with Gasteiger partial charge in [0.25, 0.3) is 10.0 Å². The van der Waals surface area contributed by atoms with Gasteiger partial charge in [0, 0.05) is 7.05 Å². The molecule has 0 fully saturated rings. The summed E-state index contributed by atoms with van der Waals surface area (Å²) < 4.78 is 67.5. The molecule has 0 spiro atoms. The summed E-state index contributed by atoms with van der Waals surface area (Å²) in [7, 11) is -1.65. The topological polar surface area (TPSA) is 72.9 Å². The van der Waals surface area contributed by atoms with Gasteiger partial charge in [-0.05, 0) is 18.2 Å². The van der Waals surface area contributed by atoms with E-state index in [4.69, 9.17) is 0 Å². The third-order valence-corrected chi connectivity index (χ3v) is 4.30. The third-order valence-electron chi connectivity index (χ3n) is 2.58. The number of nitrogens with zero attached hydrogens (tertiary/aromatic N) is 1. The summed E-state index contributed by atoms with van der Waals surface area (Å²) in [6.45, 7) is 0. The molecule has 0 aromatic heterocycles. The Hall–Kier alpha value is -1.65. The van der Waals surface area contributed by atoms with E-state index in [-0.39, 0.29) is 10.0 Å². The molecule has 10 heteroatoms. The second kappa shape index (κ2) is 6.00. The number of hydrogen-bond donors (Lipinski definition) is 0. The average Bonchev–Trinajstić information content (AvgIpc) is 2.43. The van der Waals surface area contributed by atoms with Crippen molar-refractivity contribution in [3.8, 4) is 0 Å². The molecule has 0 amide bonds. The van der Waals surface area contributed by atoms with Crippen LogP contribution in [-0.2, 0) is 25.8 Å². The first-order valence-electron chi connectivity index (χ1n) is 5.38. The predicted molar refractivity (Wildman–Crippen MR) is 64.7 cm³/mol. The lowest BCUT2D eigenvalue weighted by atomic mass is 10.1. The van der Waals surface area contributed by atoms with E-state index in [9.17, 15) is 26.4 Å². The molecule has 21 heavy (non-hydrogen) atoms. The van der Waals surface area contributed by atoms with Crippen LogP contribution in [0.4, 0.5) is 13.2 Å². The van der Waals surface area contributed by atoms with Crippen LogP contribution in [0.15, 0.2) is 23.1 Å². The van der Waals surface area contributed by atoms with Crippen molar-refractivity contribution >= 4 is 16.0 Å². The Morgan fingerprint density at radius 3 is 2.24 bits per heavy atom. The Morgan fingerprint density at radius 1 is 1.24 bits per heavy atom. The van der Waals surface area contributed by atoms with Gasteiger partial charge in [0.2, 0.25) is 0 Å². The number of rotatable bonds is 4. The zero-order chi connectivity index (χ0) is 16.4. The molecule has 0 aliphatic carbocycles. The molecule has 1 aromatic rings. The van der Waals surface area contributed by atoms with Crippen molar-refractivity contribution < 1.29 is 36.0 Å². The van der Waals surface area contributed by atoms with Gasteiger partial charge in [-0.2, -0.15) is 13.2 Å². The number of ether oxygens (including phenoxy) is 1. The Labute approximate surface area is 119 Å². The van der Waals surface area contributed by atoms with E-state index >= 15 is 0 Å². The molecule has 0 aliphatic heterocycles. The molecule has 0 atom stereocenters. The molecule has 0 saturated heterocycles. The molecule has 1 rings (SSSR count). The van der Waals surface area contributed by atoms with Crippen molar-refractivity contribution in [2.45, 2.75) is 11.1 Å². The highest BCUT2D eigenvalue weighted by atomic mass is 32.2. The average molecular weight is 327 g/mol. The first kappa shape index (κ1) is 17.4. The molecule has 0 aliphatic rings. The van der Waals surface area contributed by atoms with Gasteiger partial charge in [0.05, 0.1) is 30.2 Å². The van der Waals surface area contributed by atoms with Crippen LogP contribution >= 0.6 is 0 Å². The number of sulfonamides is 1. The SMILES string of the molecule is COC(=O)c1ccc(C(F)(F)F)c(S(=O)(=O)N(C)OC)c1. The first-order chi connectivity index (χ1) is 9.55. The normalized spacial score (nSPS) is 12.5. The lowest BCUT2D eigenvalue weighted by Gasteiger charge is -2.18. The maximum Gasteiger partial charge on any atom is 0.417 e. The van der Waals surface area contributed by atoms with Gasteiger partial charge in [-0.15, -0.1) is 0 Å². The van der Waals surface area contributed by atoms with Crippen LogP contribution < -0.4 is 0 Å². The highest BCUT2D eigenvalue weighted by molar-refractivity contribution is 7.89. The number of methoxy groups -OCH3 is 1. The fraction of sp³-hybridized carbons (Fsp3) is 0.364. The van der Waals surface area contributed by atoms with E-state index in [1.54, 1.807) is 0 Å². The number of hydrogen-bond acceptors (Lipinski definition) is 5. The second-order valence-electron chi connectivity index (χ2n) is 3.80. The van der Waals surface area contributed by atoms with E-state index in [2.05, 4.69) is 9.57 Å². The monoisotopic (exact) mass is 327 g/mol. The molecule has 0 N–H and O–H groups in total. The Bertz CT molecular complexity index is 642. The Kier molecular flexibility index (Phi) is 4.97. The smallest absolute Gasteiger partial charge is 0.417 e. The van der Waals surface area contributed by atoms with E-state index in [0.717, 1.165) is 27.3 Å². The quantitative estimate of drug-likeness (QED) is 0.621. The number of carbonyl (C=O) groups is 1. The van der Waals surface area contributed by atoms with Crippen LogP contribution in [0, 0.1) is 0 Å². The standard InChI is InChI=1S/C11H12F3NO5S/c1-15(20-3)21(17,18)9-6-7(10(16)19-2)4-5-8(9)11(12,13)14/h4-6H,1-3H3. The first-order valence-corrected chi connectivity index (χ1v) is 6.82. The molecule has 1 aromatic carbocycles. The highest BCUT2D eigenvalue weighted by Crippen LogP contribution is 2.35. The number of carbonyl (C=O) groups excluding carboxylic acids is 1. The highest BCUT2D eigenvalue weighted by Gasteiger charge is 2.39. The number of alkyl halides is 3. The van der Waals surface area contributed by atoms with Gasteiger partial charge in [0.1, 0.15) is 0 Å². The van der Waals surface area contributed by atoms with Gasteiger partial charge in [-0.25, -0.2) is 13.2 Å². The summed E-state index contributed by atoms with van der Waals surface area (Å²) >= 11 is 0. The minimum atomic E-state index is -4.91. The van der Waals surface area contributed by atoms with E-state index in [0.29, 0.717) is 12.1 Å². The third kappa shape index (κ3) is 3.52. The molecule has 0 saturated carbocycles.